The van der Waals surface area contributed by atoms with E-state index in [1.165, 1.54) is 5.56 Å². The molecule has 0 spiro atoms. The minimum atomic E-state index is -0.363. The van der Waals surface area contributed by atoms with Crippen molar-refractivity contribution in [1.29, 1.82) is 0 Å². The zero-order chi connectivity index (χ0) is 42.5. The first kappa shape index (κ1) is 41.5. The molecule has 3 amide bonds. The Balaban J connectivity index is 0.764. The number of piperidine rings is 3. The van der Waals surface area contributed by atoms with Crippen LogP contribution in [0.4, 0.5) is 23.1 Å². The zero-order valence-corrected chi connectivity index (χ0v) is 35.5. The Bertz CT molecular complexity index is 2320. The molecule has 5 aromatic rings. The van der Waals surface area contributed by atoms with Crippen molar-refractivity contribution in [3.63, 3.8) is 0 Å². The number of imide groups is 1. The molecule has 0 saturated carbocycles. The highest BCUT2D eigenvalue weighted by atomic mass is 16.2. The smallest absolute Gasteiger partial charge is 0.273 e. The van der Waals surface area contributed by atoms with Crippen molar-refractivity contribution in [2.45, 2.75) is 90.3 Å². The van der Waals surface area contributed by atoms with E-state index in [0.29, 0.717) is 42.9 Å². The lowest BCUT2D eigenvalue weighted by atomic mass is 9.88. The van der Waals surface area contributed by atoms with Crippen LogP contribution in [-0.2, 0) is 21.7 Å². The molecule has 0 aliphatic carbocycles. The van der Waals surface area contributed by atoms with Gasteiger partial charge >= 0.3 is 0 Å². The molecule has 3 saturated heterocycles. The number of rotatable bonds is 12. The van der Waals surface area contributed by atoms with Crippen molar-refractivity contribution in [2.24, 2.45) is 5.92 Å². The molecule has 6 heterocycles. The fourth-order valence-corrected chi connectivity index (χ4v) is 8.41. The van der Waals surface area contributed by atoms with Gasteiger partial charge in [0.25, 0.3) is 5.91 Å². The summed E-state index contributed by atoms with van der Waals surface area (Å²) < 4.78 is 1.69. The number of aryl methyl sites for hydroxylation is 1. The van der Waals surface area contributed by atoms with Gasteiger partial charge in [-0.1, -0.05) is 29.5 Å². The number of nitrogens with zero attached hydrogens (tertiary/aromatic N) is 8. The highest BCUT2D eigenvalue weighted by molar-refractivity contribution is 6.01. The number of nitrogens with one attached hydrogen (secondary N) is 4. The first-order valence-electron chi connectivity index (χ1n) is 21.5. The van der Waals surface area contributed by atoms with Crippen LogP contribution in [0.2, 0.25) is 0 Å². The highest BCUT2D eigenvalue weighted by Gasteiger charge is 2.28. The van der Waals surface area contributed by atoms with Gasteiger partial charge in [-0.05, 0) is 138 Å². The van der Waals surface area contributed by atoms with E-state index in [0.717, 1.165) is 98.0 Å². The largest absolute Gasteiger partial charge is 0.374 e. The van der Waals surface area contributed by atoms with Gasteiger partial charge in [-0.15, -0.1) is 5.10 Å². The molecule has 8 rings (SSSR count). The number of likely N-dealkylation sites (tertiary alicyclic amines) is 1. The predicted molar refractivity (Wildman–Crippen MR) is 236 cm³/mol. The van der Waals surface area contributed by atoms with Crippen molar-refractivity contribution < 1.29 is 14.4 Å². The molecule has 1 unspecified atom stereocenters. The summed E-state index contributed by atoms with van der Waals surface area (Å²) in [5, 5.41) is 20.1. The molecule has 4 N–H and O–H groups in total. The monoisotopic (exact) mass is 824 g/mol. The maximum Gasteiger partial charge on any atom is 0.273 e. The van der Waals surface area contributed by atoms with E-state index < -0.39 is 0 Å². The number of carbonyl (C=O) groups is 3. The molecule has 3 aromatic heterocycles. The summed E-state index contributed by atoms with van der Waals surface area (Å²) in [7, 11) is 0. The lowest BCUT2D eigenvalue weighted by molar-refractivity contribution is -0.133. The second-order valence-corrected chi connectivity index (χ2v) is 17.6. The van der Waals surface area contributed by atoms with Gasteiger partial charge in [0.2, 0.25) is 17.8 Å². The quantitative estimate of drug-likeness (QED) is 0.105. The Hall–Kier alpha value is -6.22. The first-order chi connectivity index (χ1) is 29.4. The number of hydrogen-bond acceptors (Lipinski definition) is 12. The lowest BCUT2D eigenvalue weighted by Gasteiger charge is -2.38. The topological polar surface area (TPSA) is 175 Å². The molecule has 0 radical (unpaired) electrons. The van der Waals surface area contributed by atoms with Crippen LogP contribution >= 0.6 is 0 Å². The average Bonchev–Trinajstić information content (AvgIpc) is 3.78. The summed E-state index contributed by atoms with van der Waals surface area (Å²) in [6.07, 6.45) is 10.8. The number of amides is 3. The Morgan fingerprint density at radius 2 is 1.66 bits per heavy atom. The fourth-order valence-electron chi connectivity index (χ4n) is 8.41. The van der Waals surface area contributed by atoms with Crippen molar-refractivity contribution in [2.75, 3.05) is 48.3 Å². The van der Waals surface area contributed by atoms with Crippen LogP contribution in [0.1, 0.15) is 92.4 Å². The second-order valence-electron chi connectivity index (χ2n) is 17.6. The van der Waals surface area contributed by atoms with E-state index in [1.54, 1.807) is 17.1 Å². The Labute approximate surface area is 357 Å². The van der Waals surface area contributed by atoms with Gasteiger partial charge in [0.15, 0.2) is 5.69 Å². The number of aromatic nitrogens is 6. The van der Waals surface area contributed by atoms with Crippen molar-refractivity contribution >= 4 is 40.9 Å². The first-order valence-corrected chi connectivity index (χ1v) is 21.5. The molecular weight excluding hydrogens is 769 g/mol. The lowest BCUT2D eigenvalue weighted by Crippen LogP contribution is -2.47. The van der Waals surface area contributed by atoms with Gasteiger partial charge in [0.05, 0.1) is 29.3 Å². The van der Waals surface area contributed by atoms with Crippen molar-refractivity contribution in [3.8, 4) is 11.3 Å². The second kappa shape index (κ2) is 18.2. The van der Waals surface area contributed by atoms with Crippen molar-refractivity contribution in [3.05, 3.63) is 102 Å². The third-order valence-electron chi connectivity index (χ3n) is 12.2. The van der Waals surface area contributed by atoms with Gasteiger partial charge in [-0.3, -0.25) is 19.7 Å². The standard InChI is InChI=1S/C46H56N12O3/c1-30-25-34(5-6-35(30)26-49-43(60)40-29-58(55-54-40)46(2,3)4)38-15-20-47-45(52-38)51-37-11-13-41(48-27-37)57-23-16-31(17-24-57)28-56-21-18-33(19-22-56)32-7-9-36(10-8-32)50-39-12-14-42(59)53-44(39)61/h5-11,13,15,20,25,27,29,31,33,39,50H,12,14,16-19,21-24,26,28H2,1-4H3,(H,49,60)(H,47,51,52)(H,53,59,61). The Morgan fingerprint density at radius 3 is 2.34 bits per heavy atom. The third kappa shape index (κ3) is 10.4. The number of carbonyl (C=O) groups excluding carboxylic acids is 3. The maximum atomic E-state index is 12.7. The summed E-state index contributed by atoms with van der Waals surface area (Å²) in [6, 6.07) is 20.2. The van der Waals surface area contributed by atoms with Crippen LogP contribution in [0.15, 0.2) is 79.3 Å². The molecule has 3 aliphatic rings. The summed E-state index contributed by atoms with van der Waals surface area (Å²) in [5.74, 6) is 2.01. The summed E-state index contributed by atoms with van der Waals surface area (Å²) in [6.45, 7) is 13.8. The van der Waals surface area contributed by atoms with E-state index in [9.17, 15) is 14.4 Å². The minimum Gasteiger partial charge on any atom is -0.374 e. The number of benzene rings is 2. The van der Waals surface area contributed by atoms with Crippen molar-refractivity contribution in [1.82, 2.24) is 45.5 Å². The number of hydrogen-bond donors (Lipinski definition) is 4. The van der Waals surface area contributed by atoms with Gasteiger partial charge < -0.3 is 25.8 Å². The molecule has 15 nitrogen and oxygen atoms in total. The van der Waals surface area contributed by atoms with E-state index in [2.05, 4.69) is 82.8 Å². The fraction of sp³-hybridized carbons (Fsp3) is 0.435. The van der Waals surface area contributed by atoms with E-state index in [1.807, 2.05) is 58.2 Å². The third-order valence-corrected chi connectivity index (χ3v) is 12.2. The highest BCUT2D eigenvalue weighted by Crippen LogP contribution is 2.31. The molecule has 3 aliphatic heterocycles. The molecule has 318 valence electrons. The molecule has 0 bridgehead atoms. The molecule has 1 atom stereocenters. The molecular formula is C46H56N12O3. The summed E-state index contributed by atoms with van der Waals surface area (Å²) >= 11 is 0. The van der Waals surface area contributed by atoms with E-state index in [-0.39, 0.29) is 29.3 Å². The van der Waals surface area contributed by atoms with E-state index >= 15 is 0 Å². The molecule has 2 aromatic carbocycles. The number of anilines is 4. The zero-order valence-electron chi connectivity index (χ0n) is 35.5. The normalized spacial score (nSPS) is 18.2. The van der Waals surface area contributed by atoms with Crippen LogP contribution in [0.3, 0.4) is 0 Å². The van der Waals surface area contributed by atoms with Gasteiger partial charge in [-0.2, -0.15) is 0 Å². The van der Waals surface area contributed by atoms with Gasteiger partial charge in [0, 0.05) is 50.0 Å². The molecule has 61 heavy (non-hydrogen) atoms. The summed E-state index contributed by atoms with van der Waals surface area (Å²) in [4.78, 5) is 55.4. The van der Waals surface area contributed by atoms with E-state index in [4.69, 9.17) is 9.97 Å². The maximum absolute atomic E-state index is 12.7. The molecule has 15 heteroatoms. The Morgan fingerprint density at radius 1 is 0.885 bits per heavy atom. The van der Waals surface area contributed by atoms with Crippen LogP contribution in [-0.4, -0.2) is 91.3 Å². The Kier molecular flexibility index (Phi) is 12.4. The van der Waals surface area contributed by atoms with Crippen LogP contribution < -0.4 is 26.2 Å². The minimum absolute atomic E-state index is 0.197. The predicted octanol–water partition coefficient (Wildman–Crippen LogP) is 6.18. The summed E-state index contributed by atoms with van der Waals surface area (Å²) in [5.41, 5.74) is 6.92. The van der Waals surface area contributed by atoms with Gasteiger partial charge in [-0.25, -0.2) is 19.6 Å². The van der Waals surface area contributed by atoms with Crippen LogP contribution in [0, 0.1) is 12.8 Å². The number of pyridine rings is 1. The SMILES string of the molecule is Cc1cc(-c2ccnc(Nc3ccc(N4CCC(CN5CCC(c6ccc(NC7CCC(=O)NC7=O)cc6)CC5)CC4)nc3)n2)ccc1CNC(=O)c1cn(C(C)(C)C)nn1. The van der Waals surface area contributed by atoms with Crippen LogP contribution in [0.25, 0.3) is 11.3 Å². The van der Waals surface area contributed by atoms with Crippen LogP contribution in [0.5, 0.6) is 0 Å². The average molecular weight is 825 g/mol. The van der Waals surface area contributed by atoms with Gasteiger partial charge in [0.1, 0.15) is 11.9 Å². The molecule has 3 fully saturated rings.